The lowest BCUT2D eigenvalue weighted by atomic mass is 10.1. The molecule has 2 aromatic carbocycles. The fraction of sp³-hybridized carbons (Fsp3) is 0.176. The summed E-state index contributed by atoms with van der Waals surface area (Å²) in [5.41, 5.74) is 1.92. The van der Waals surface area contributed by atoms with Crippen LogP contribution >= 0.6 is 0 Å². The number of carbonyl (C=O) groups is 2. The van der Waals surface area contributed by atoms with Crippen molar-refractivity contribution in [2.45, 2.75) is 6.92 Å². The van der Waals surface area contributed by atoms with E-state index in [2.05, 4.69) is 5.32 Å². The zero-order valence-electron chi connectivity index (χ0n) is 12.5. The Morgan fingerprint density at radius 2 is 1.73 bits per heavy atom. The van der Waals surface area contributed by atoms with Crippen molar-refractivity contribution in [3.05, 3.63) is 65.5 Å². The molecule has 0 aliphatic carbocycles. The van der Waals surface area contributed by atoms with Crippen LogP contribution in [0.1, 0.15) is 15.9 Å². The van der Waals surface area contributed by atoms with E-state index in [0.717, 1.165) is 5.56 Å². The molecule has 0 aromatic heterocycles. The van der Waals surface area contributed by atoms with Crippen LogP contribution in [0.3, 0.4) is 0 Å². The van der Waals surface area contributed by atoms with Gasteiger partial charge in [-0.1, -0.05) is 18.2 Å². The summed E-state index contributed by atoms with van der Waals surface area (Å²) in [6, 6.07) is 12.7. The Morgan fingerprint density at radius 3 is 2.36 bits per heavy atom. The first-order valence-electron chi connectivity index (χ1n) is 6.84. The molecule has 0 saturated heterocycles. The number of nitrogens with zero attached hydrogens (tertiary/aromatic N) is 1. The van der Waals surface area contributed by atoms with Gasteiger partial charge in [0, 0.05) is 18.3 Å². The lowest BCUT2D eigenvalue weighted by Crippen LogP contribution is -2.35. The molecule has 4 nitrogen and oxygen atoms in total. The molecular formula is C17H17FN2O2. The van der Waals surface area contributed by atoms with Gasteiger partial charge in [-0.15, -0.1) is 0 Å². The third-order valence-electron chi connectivity index (χ3n) is 3.23. The van der Waals surface area contributed by atoms with Crippen LogP contribution in [0.4, 0.5) is 10.1 Å². The Bertz CT molecular complexity index is 683. The normalized spacial score (nSPS) is 10.1. The van der Waals surface area contributed by atoms with Gasteiger partial charge in [-0.25, -0.2) is 4.39 Å². The SMILES string of the molecule is Cc1ccccc1C(=O)N(C)CC(=O)Nc1ccc(F)cc1. The monoisotopic (exact) mass is 300 g/mol. The molecule has 0 radical (unpaired) electrons. The minimum atomic E-state index is -0.371. The quantitative estimate of drug-likeness (QED) is 0.944. The van der Waals surface area contributed by atoms with Crippen molar-refractivity contribution in [2.24, 2.45) is 0 Å². The van der Waals surface area contributed by atoms with E-state index >= 15 is 0 Å². The summed E-state index contributed by atoms with van der Waals surface area (Å²) in [6.07, 6.45) is 0. The average Bonchev–Trinajstić information content (AvgIpc) is 2.49. The van der Waals surface area contributed by atoms with E-state index in [9.17, 15) is 14.0 Å². The number of amides is 2. The van der Waals surface area contributed by atoms with Gasteiger partial charge < -0.3 is 10.2 Å². The van der Waals surface area contributed by atoms with Gasteiger partial charge in [-0.2, -0.15) is 0 Å². The summed E-state index contributed by atoms with van der Waals surface area (Å²) in [6.45, 7) is 1.77. The van der Waals surface area contributed by atoms with E-state index in [0.29, 0.717) is 11.3 Å². The van der Waals surface area contributed by atoms with Crippen molar-refractivity contribution in [2.75, 3.05) is 18.9 Å². The molecule has 0 aliphatic rings. The van der Waals surface area contributed by atoms with Gasteiger partial charge in [-0.3, -0.25) is 9.59 Å². The molecule has 0 spiro atoms. The number of likely N-dealkylation sites (N-methyl/N-ethyl adjacent to an activating group) is 1. The molecule has 22 heavy (non-hydrogen) atoms. The lowest BCUT2D eigenvalue weighted by Gasteiger charge is -2.18. The van der Waals surface area contributed by atoms with Gasteiger partial charge in [0.25, 0.3) is 5.91 Å². The zero-order valence-corrected chi connectivity index (χ0v) is 12.5. The Labute approximate surface area is 128 Å². The first kappa shape index (κ1) is 15.7. The smallest absolute Gasteiger partial charge is 0.254 e. The Balaban J connectivity index is 1.97. The molecular weight excluding hydrogens is 283 g/mol. The van der Waals surface area contributed by atoms with Crippen molar-refractivity contribution in [3.63, 3.8) is 0 Å². The second-order valence-electron chi connectivity index (χ2n) is 5.03. The average molecular weight is 300 g/mol. The molecule has 1 N–H and O–H groups in total. The lowest BCUT2D eigenvalue weighted by molar-refractivity contribution is -0.116. The minimum Gasteiger partial charge on any atom is -0.332 e. The third-order valence-corrected chi connectivity index (χ3v) is 3.23. The fourth-order valence-corrected chi connectivity index (χ4v) is 2.04. The van der Waals surface area contributed by atoms with Gasteiger partial charge in [0.05, 0.1) is 6.54 Å². The van der Waals surface area contributed by atoms with Crippen LogP contribution in [0.25, 0.3) is 0 Å². The third kappa shape index (κ3) is 3.91. The molecule has 0 atom stereocenters. The maximum absolute atomic E-state index is 12.8. The van der Waals surface area contributed by atoms with E-state index in [1.807, 2.05) is 19.1 Å². The number of benzene rings is 2. The van der Waals surface area contributed by atoms with Crippen molar-refractivity contribution < 1.29 is 14.0 Å². The molecule has 114 valence electrons. The summed E-state index contributed by atoms with van der Waals surface area (Å²) in [5.74, 6) is -0.923. The number of anilines is 1. The second-order valence-corrected chi connectivity index (χ2v) is 5.03. The van der Waals surface area contributed by atoms with Crippen molar-refractivity contribution in [3.8, 4) is 0 Å². The minimum absolute atomic E-state index is 0.0788. The Morgan fingerprint density at radius 1 is 1.09 bits per heavy atom. The highest BCUT2D eigenvalue weighted by atomic mass is 19.1. The highest BCUT2D eigenvalue weighted by Gasteiger charge is 2.16. The fourth-order valence-electron chi connectivity index (χ4n) is 2.04. The molecule has 0 unspecified atom stereocenters. The zero-order chi connectivity index (χ0) is 16.1. The number of nitrogens with one attached hydrogen (secondary N) is 1. The van der Waals surface area contributed by atoms with E-state index in [1.54, 1.807) is 19.2 Å². The summed E-state index contributed by atoms with van der Waals surface area (Å²) in [4.78, 5) is 25.6. The number of hydrogen-bond acceptors (Lipinski definition) is 2. The topological polar surface area (TPSA) is 49.4 Å². The number of hydrogen-bond donors (Lipinski definition) is 1. The summed E-state index contributed by atoms with van der Waals surface area (Å²) in [5, 5.41) is 2.62. The highest BCUT2D eigenvalue weighted by Crippen LogP contribution is 2.11. The van der Waals surface area contributed by atoms with Crippen LogP contribution in [-0.4, -0.2) is 30.3 Å². The summed E-state index contributed by atoms with van der Waals surface area (Å²) < 4.78 is 12.8. The Kier molecular flexibility index (Phi) is 4.88. The predicted molar refractivity (Wildman–Crippen MR) is 83.2 cm³/mol. The first-order valence-corrected chi connectivity index (χ1v) is 6.84. The molecule has 2 aromatic rings. The first-order chi connectivity index (χ1) is 10.5. The molecule has 2 amide bonds. The van der Waals surface area contributed by atoms with Crippen LogP contribution in [0.2, 0.25) is 0 Å². The van der Waals surface area contributed by atoms with Gasteiger partial charge in [0.15, 0.2) is 0 Å². The molecule has 2 rings (SSSR count). The molecule has 0 aliphatic heterocycles. The maximum Gasteiger partial charge on any atom is 0.254 e. The van der Waals surface area contributed by atoms with Crippen molar-refractivity contribution in [1.29, 1.82) is 0 Å². The van der Waals surface area contributed by atoms with Crippen LogP contribution in [0.5, 0.6) is 0 Å². The van der Waals surface area contributed by atoms with Gasteiger partial charge >= 0.3 is 0 Å². The van der Waals surface area contributed by atoms with E-state index in [1.165, 1.54) is 29.2 Å². The van der Waals surface area contributed by atoms with E-state index in [-0.39, 0.29) is 24.2 Å². The molecule has 0 saturated carbocycles. The van der Waals surface area contributed by atoms with Gasteiger partial charge in [0.2, 0.25) is 5.91 Å². The Hall–Kier alpha value is -2.69. The summed E-state index contributed by atoms with van der Waals surface area (Å²) in [7, 11) is 1.57. The number of halogens is 1. The molecule has 5 heteroatoms. The number of rotatable bonds is 4. The standard InChI is InChI=1S/C17H17FN2O2/c1-12-5-3-4-6-15(12)17(22)20(2)11-16(21)19-14-9-7-13(18)8-10-14/h3-10H,11H2,1-2H3,(H,19,21). The van der Waals surface area contributed by atoms with E-state index < -0.39 is 0 Å². The molecule has 0 bridgehead atoms. The summed E-state index contributed by atoms with van der Waals surface area (Å²) >= 11 is 0. The molecule has 0 fully saturated rings. The van der Waals surface area contributed by atoms with Crippen molar-refractivity contribution >= 4 is 17.5 Å². The largest absolute Gasteiger partial charge is 0.332 e. The predicted octanol–water partition coefficient (Wildman–Crippen LogP) is 2.84. The van der Waals surface area contributed by atoms with Crippen LogP contribution in [0.15, 0.2) is 48.5 Å². The van der Waals surface area contributed by atoms with Crippen LogP contribution in [-0.2, 0) is 4.79 Å². The van der Waals surface area contributed by atoms with Crippen LogP contribution < -0.4 is 5.32 Å². The highest BCUT2D eigenvalue weighted by molar-refractivity contribution is 5.99. The number of carbonyl (C=O) groups excluding carboxylic acids is 2. The van der Waals surface area contributed by atoms with Gasteiger partial charge in [0.1, 0.15) is 5.82 Å². The molecule has 0 heterocycles. The van der Waals surface area contributed by atoms with Crippen molar-refractivity contribution in [1.82, 2.24) is 4.90 Å². The maximum atomic E-state index is 12.8. The van der Waals surface area contributed by atoms with Crippen LogP contribution in [0, 0.1) is 12.7 Å². The van der Waals surface area contributed by atoms with Gasteiger partial charge in [-0.05, 0) is 42.8 Å². The number of aryl methyl sites for hydroxylation is 1. The van der Waals surface area contributed by atoms with E-state index in [4.69, 9.17) is 0 Å². The second kappa shape index (κ2) is 6.85.